The molecule has 1 fully saturated rings. The molecule has 0 aromatic heterocycles. The Morgan fingerprint density at radius 2 is 1.79 bits per heavy atom. The van der Waals surface area contributed by atoms with Crippen molar-refractivity contribution < 1.29 is 17.9 Å². The van der Waals surface area contributed by atoms with Gasteiger partial charge in [0.1, 0.15) is 5.75 Å². The van der Waals surface area contributed by atoms with Gasteiger partial charge in [-0.05, 0) is 42.7 Å². The number of carbonyl (C=O) groups excluding carboxylic acids is 1. The zero-order chi connectivity index (χ0) is 20.0. The summed E-state index contributed by atoms with van der Waals surface area (Å²) in [6.45, 7) is 1.05. The predicted molar refractivity (Wildman–Crippen MR) is 110 cm³/mol. The first-order valence-corrected chi connectivity index (χ1v) is 10.7. The second-order valence-electron chi connectivity index (χ2n) is 6.56. The number of methoxy groups -OCH3 is 1. The zero-order valence-electron chi connectivity index (χ0n) is 15.8. The van der Waals surface area contributed by atoms with Gasteiger partial charge in [0.25, 0.3) is 0 Å². The first kappa shape index (κ1) is 20.1. The van der Waals surface area contributed by atoms with Gasteiger partial charge in [0, 0.05) is 19.2 Å². The number of nitrogens with one attached hydrogen (secondary N) is 1. The molecule has 0 atom stereocenters. The fourth-order valence-corrected chi connectivity index (χ4v) is 4.65. The van der Waals surface area contributed by atoms with Crippen LogP contribution in [0.1, 0.15) is 24.8 Å². The van der Waals surface area contributed by atoms with Gasteiger partial charge in [-0.2, -0.15) is 4.31 Å². The van der Waals surface area contributed by atoms with Crippen molar-refractivity contribution in [3.63, 3.8) is 0 Å². The Morgan fingerprint density at radius 3 is 2.46 bits per heavy atom. The molecule has 1 aliphatic rings. The third-order valence-corrected chi connectivity index (χ3v) is 6.50. The van der Waals surface area contributed by atoms with Crippen molar-refractivity contribution in [1.82, 2.24) is 4.31 Å². The highest BCUT2D eigenvalue weighted by molar-refractivity contribution is 7.89. The largest absolute Gasteiger partial charge is 0.495 e. The van der Waals surface area contributed by atoms with E-state index in [-0.39, 0.29) is 10.8 Å². The Hall–Kier alpha value is -2.64. The second kappa shape index (κ2) is 9.03. The summed E-state index contributed by atoms with van der Waals surface area (Å²) in [4.78, 5) is 12.5. The summed E-state index contributed by atoms with van der Waals surface area (Å²) in [7, 11) is -2.12. The number of amides is 1. The molecule has 1 saturated heterocycles. The van der Waals surface area contributed by atoms with E-state index in [2.05, 4.69) is 5.32 Å². The van der Waals surface area contributed by atoms with E-state index >= 15 is 0 Å². The van der Waals surface area contributed by atoms with Crippen LogP contribution < -0.4 is 10.1 Å². The van der Waals surface area contributed by atoms with Gasteiger partial charge >= 0.3 is 0 Å². The minimum absolute atomic E-state index is 0.150. The lowest BCUT2D eigenvalue weighted by atomic mass is 10.2. The zero-order valence-corrected chi connectivity index (χ0v) is 16.6. The molecule has 0 unspecified atom stereocenters. The molecular formula is C21H24N2O4S. The molecule has 28 heavy (non-hydrogen) atoms. The number of ether oxygens (including phenoxy) is 1. The van der Waals surface area contributed by atoms with Crippen LogP contribution in [-0.2, 0) is 14.8 Å². The van der Waals surface area contributed by atoms with Crippen LogP contribution in [-0.4, -0.2) is 38.8 Å². The van der Waals surface area contributed by atoms with E-state index in [1.54, 1.807) is 12.1 Å². The average molecular weight is 400 g/mol. The maximum Gasteiger partial charge on any atom is 0.248 e. The molecule has 2 aromatic carbocycles. The number of piperidine rings is 1. The Kier molecular flexibility index (Phi) is 6.49. The summed E-state index contributed by atoms with van der Waals surface area (Å²) in [6, 6.07) is 14.0. The van der Waals surface area contributed by atoms with Gasteiger partial charge in [0.15, 0.2) is 0 Å². The molecule has 0 spiro atoms. The number of carbonyl (C=O) groups is 1. The lowest BCUT2D eigenvalue weighted by molar-refractivity contribution is -0.111. The van der Waals surface area contributed by atoms with Crippen molar-refractivity contribution in [2.45, 2.75) is 24.2 Å². The normalized spacial score (nSPS) is 15.5. The van der Waals surface area contributed by atoms with Gasteiger partial charge in [-0.3, -0.25) is 4.79 Å². The predicted octanol–water partition coefficient (Wildman–Crippen LogP) is 3.52. The number of benzene rings is 2. The summed E-state index contributed by atoms with van der Waals surface area (Å²) in [5, 5.41) is 2.71. The highest BCUT2D eigenvalue weighted by Crippen LogP contribution is 2.30. The molecule has 1 amide bonds. The van der Waals surface area contributed by atoms with Gasteiger partial charge in [-0.15, -0.1) is 0 Å². The molecule has 2 aromatic rings. The quantitative estimate of drug-likeness (QED) is 0.753. The van der Waals surface area contributed by atoms with Crippen LogP contribution >= 0.6 is 0 Å². The van der Waals surface area contributed by atoms with E-state index in [4.69, 9.17) is 4.74 Å². The Bertz CT molecular complexity index is 950. The van der Waals surface area contributed by atoms with Crippen LogP contribution in [0.3, 0.4) is 0 Å². The number of hydrogen-bond acceptors (Lipinski definition) is 4. The van der Waals surface area contributed by atoms with E-state index < -0.39 is 10.0 Å². The number of rotatable bonds is 6. The molecule has 1 heterocycles. The lowest BCUT2D eigenvalue weighted by Crippen LogP contribution is -2.35. The molecule has 3 rings (SSSR count). The lowest BCUT2D eigenvalue weighted by Gasteiger charge is -2.26. The Morgan fingerprint density at radius 1 is 1.07 bits per heavy atom. The fourth-order valence-electron chi connectivity index (χ4n) is 3.11. The molecule has 7 heteroatoms. The number of sulfonamides is 1. The van der Waals surface area contributed by atoms with Gasteiger partial charge in [0.05, 0.1) is 17.7 Å². The van der Waals surface area contributed by atoms with Crippen molar-refractivity contribution >= 4 is 27.7 Å². The summed E-state index contributed by atoms with van der Waals surface area (Å²) < 4.78 is 32.6. The van der Waals surface area contributed by atoms with E-state index in [1.165, 1.54) is 29.6 Å². The van der Waals surface area contributed by atoms with Crippen molar-refractivity contribution in [1.29, 1.82) is 0 Å². The molecule has 1 N–H and O–H groups in total. The van der Waals surface area contributed by atoms with Gasteiger partial charge in [-0.1, -0.05) is 36.8 Å². The first-order valence-electron chi connectivity index (χ1n) is 9.23. The first-order chi connectivity index (χ1) is 13.5. The summed E-state index contributed by atoms with van der Waals surface area (Å²) >= 11 is 0. The molecule has 6 nitrogen and oxygen atoms in total. The maximum atomic E-state index is 12.9. The molecule has 0 radical (unpaired) electrons. The van der Waals surface area contributed by atoms with Crippen molar-refractivity contribution in [3.05, 3.63) is 60.2 Å². The average Bonchev–Trinajstić information content (AvgIpc) is 2.73. The molecule has 148 valence electrons. The Balaban J connectivity index is 1.81. The smallest absolute Gasteiger partial charge is 0.248 e. The SMILES string of the molecule is COc1ccc(S(=O)(=O)N2CCCCC2)cc1NC(=O)/C=C/c1ccccc1. The number of anilines is 1. The molecular weight excluding hydrogens is 376 g/mol. The van der Waals surface area contributed by atoms with Crippen molar-refractivity contribution in [2.24, 2.45) is 0 Å². The third kappa shape index (κ3) is 4.79. The van der Waals surface area contributed by atoms with Crippen molar-refractivity contribution in [3.8, 4) is 5.75 Å². The van der Waals surface area contributed by atoms with E-state index in [9.17, 15) is 13.2 Å². The Labute approximate surface area is 165 Å². The molecule has 1 aliphatic heterocycles. The molecule has 0 saturated carbocycles. The van der Waals surface area contributed by atoms with E-state index in [0.717, 1.165) is 24.8 Å². The van der Waals surface area contributed by atoms with Gasteiger partial charge in [0.2, 0.25) is 15.9 Å². The minimum atomic E-state index is -3.59. The van der Waals surface area contributed by atoms with E-state index in [1.807, 2.05) is 30.3 Å². The monoisotopic (exact) mass is 400 g/mol. The van der Waals surface area contributed by atoms with Crippen molar-refractivity contribution in [2.75, 3.05) is 25.5 Å². The van der Waals surface area contributed by atoms with Crippen LogP contribution in [0.15, 0.2) is 59.5 Å². The van der Waals surface area contributed by atoms with Crippen LogP contribution in [0.4, 0.5) is 5.69 Å². The van der Waals surface area contributed by atoms with Gasteiger partial charge < -0.3 is 10.1 Å². The highest BCUT2D eigenvalue weighted by Gasteiger charge is 2.26. The third-order valence-electron chi connectivity index (χ3n) is 4.61. The second-order valence-corrected chi connectivity index (χ2v) is 8.50. The summed E-state index contributed by atoms with van der Waals surface area (Å²) in [6.07, 6.45) is 5.87. The highest BCUT2D eigenvalue weighted by atomic mass is 32.2. The van der Waals surface area contributed by atoms with Crippen LogP contribution in [0.5, 0.6) is 5.75 Å². The fraction of sp³-hybridized carbons (Fsp3) is 0.286. The minimum Gasteiger partial charge on any atom is -0.495 e. The number of hydrogen-bond donors (Lipinski definition) is 1. The summed E-state index contributed by atoms with van der Waals surface area (Å²) in [5.41, 5.74) is 1.22. The standard InChI is InChI=1S/C21H24N2O4S/c1-27-20-12-11-18(28(25,26)23-14-6-3-7-15-23)16-19(20)22-21(24)13-10-17-8-4-2-5-9-17/h2,4-5,8-13,16H,3,6-7,14-15H2,1H3,(H,22,24)/b13-10+. The maximum absolute atomic E-state index is 12.9. The molecule has 0 aliphatic carbocycles. The van der Waals surface area contributed by atoms with Crippen LogP contribution in [0.25, 0.3) is 6.08 Å². The van der Waals surface area contributed by atoms with Crippen LogP contribution in [0, 0.1) is 0 Å². The summed E-state index contributed by atoms with van der Waals surface area (Å²) in [5.74, 6) is 0.0359. The van der Waals surface area contributed by atoms with E-state index in [0.29, 0.717) is 24.5 Å². The van der Waals surface area contributed by atoms with Crippen LogP contribution in [0.2, 0.25) is 0 Å². The molecule has 0 bridgehead atoms. The van der Waals surface area contributed by atoms with Gasteiger partial charge in [-0.25, -0.2) is 8.42 Å². The topological polar surface area (TPSA) is 75.7 Å². The number of nitrogens with zero attached hydrogens (tertiary/aromatic N) is 1.